The molecule has 1 unspecified atom stereocenters. The monoisotopic (exact) mass is 410 g/mol. The van der Waals surface area contributed by atoms with E-state index in [1.807, 2.05) is 30.9 Å². The molecule has 2 heterocycles. The second-order valence-corrected chi connectivity index (χ2v) is 8.38. The molecule has 2 atom stereocenters. The van der Waals surface area contributed by atoms with Crippen molar-refractivity contribution in [2.45, 2.75) is 50.9 Å². The van der Waals surface area contributed by atoms with Gasteiger partial charge in [0.05, 0.1) is 11.2 Å². The van der Waals surface area contributed by atoms with E-state index in [0.29, 0.717) is 13.0 Å². The molecule has 158 valence electrons. The van der Waals surface area contributed by atoms with Crippen LogP contribution in [0.5, 0.6) is 0 Å². The first-order valence-electron chi connectivity index (χ1n) is 9.70. The summed E-state index contributed by atoms with van der Waals surface area (Å²) < 4.78 is 53.8. The van der Waals surface area contributed by atoms with Crippen molar-refractivity contribution in [1.29, 1.82) is 0 Å². The number of alkyl halides is 3. The molecule has 3 nitrogen and oxygen atoms in total. The zero-order valence-electron chi connectivity index (χ0n) is 16.6. The molecule has 0 aliphatic carbocycles. The summed E-state index contributed by atoms with van der Waals surface area (Å²) in [6.45, 7) is 4.41. The summed E-state index contributed by atoms with van der Waals surface area (Å²) in [6, 6.07) is 11.3. The first-order valence-corrected chi connectivity index (χ1v) is 9.70. The predicted octanol–water partition coefficient (Wildman–Crippen LogP) is 4.70. The fraction of sp³-hybridized carbons (Fsp3) is 0.500. The smallest absolute Gasteiger partial charge is 0.383 e. The topological polar surface area (TPSA) is 36.4 Å². The molecule has 7 heteroatoms. The summed E-state index contributed by atoms with van der Waals surface area (Å²) in [5.41, 5.74) is -0.360. The van der Waals surface area contributed by atoms with Gasteiger partial charge in [-0.25, -0.2) is 4.39 Å². The van der Waals surface area contributed by atoms with E-state index in [1.165, 1.54) is 12.1 Å². The highest BCUT2D eigenvalue weighted by Crippen LogP contribution is 2.47. The van der Waals surface area contributed by atoms with E-state index in [-0.39, 0.29) is 25.2 Å². The maximum Gasteiger partial charge on any atom is 0.414 e. The Kier molecular flexibility index (Phi) is 6.01. The minimum absolute atomic E-state index is 0.110. The molecule has 1 aromatic heterocycles. The van der Waals surface area contributed by atoms with Gasteiger partial charge in [-0.3, -0.25) is 9.88 Å². The van der Waals surface area contributed by atoms with Gasteiger partial charge in [0.2, 0.25) is 0 Å². The maximum atomic E-state index is 13.5. The number of rotatable bonds is 6. The van der Waals surface area contributed by atoms with Gasteiger partial charge in [0.15, 0.2) is 6.10 Å². The number of aliphatic hydroxyl groups is 1. The third-order valence-corrected chi connectivity index (χ3v) is 6.18. The van der Waals surface area contributed by atoms with Crippen LogP contribution in [0.3, 0.4) is 0 Å². The van der Waals surface area contributed by atoms with Crippen LogP contribution in [0.25, 0.3) is 0 Å². The number of aliphatic hydroxyl groups excluding tert-OH is 1. The van der Waals surface area contributed by atoms with E-state index >= 15 is 0 Å². The predicted molar refractivity (Wildman–Crippen MR) is 103 cm³/mol. The number of hydrogen-bond donors (Lipinski definition) is 1. The van der Waals surface area contributed by atoms with E-state index < -0.39 is 23.2 Å². The van der Waals surface area contributed by atoms with Gasteiger partial charge < -0.3 is 5.11 Å². The average molecular weight is 410 g/mol. The molecule has 0 saturated carbocycles. The quantitative estimate of drug-likeness (QED) is 0.701. The van der Waals surface area contributed by atoms with Gasteiger partial charge in [-0.2, -0.15) is 13.2 Å². The second-order valence-electron chi connectivity index (χ2n) is 8.38. The Hall–Kier alpha value is -1.99. The third kappa shape index (κ3) is 4.61. The number of aryl methyl sites for hydroxylation is 1. The standard InChI is InChI=1S/C22H26F4N2O/c1-20(2,18-5-3-4-13-27-18)28-14-12-21(15-28,19(29)22(24,25)26)11-10-16-6-8-17(23)9-7-16/h3-9,13,19,29H,10-12,14-15H2,1-2H3/t19?,21-/m1/s1. The first-order chi connectivity index (χ1) is 13.5. The van der Waals surface area contributed by atoms with Gasteiger partial charge in [0, 0.05) is 18.2 Å². The van der Waals surface area contributed by atoms with Crippen LogP contribution >= 0.6 is 0 Å². The number of nitrogens with zero attached hydrogens (tertiary/aromatic N) is 2. The Balaban J connectivity index is 1.84. The third-order valence-electron chi connectivity index (χ3n) is 6.18. The summed E-state index contributed by atoms with van der Waals surface area (Å²) >= 11 is 0. The lowest BCUT2D eigenvalue weighted by atomic mass is 9.75. The Bertz CT molecular complexity index is 808. The van der Waals surface area contributed by atoms with Crippen LogP contribution in [-0.4, -0.2) is 40.4 Å². The number of benzene rings is 1. The molecule has 0 amide bonds. The first kappa shape index (κ1) is 21.7. The second kappa shape index (κ2) is 8.03. The zero-order chi connectivity index (χ0) is 21.3. The Morgan fingerprint density at radius 3 is 2.41 bits per heavy atom. The molecule has 3 rings (SSSR count). The van der Waals surface area contributed by atoms with Gasteiger partial charge >= 0.3 is 6.18 Å². The molecule has 1 aromatic carbocycles. The molecule has 2 aromatic rings. The molecular weight excluding hydrogens is 384 g/mol. The van der Waals surface area contributed by atoms with Crippen LogP contribution < -0.4 is 0 Å². The summed E-state index contributed by atoms with van der Waals surface area (Å²) in [5.74, 6) is -0.386. The molecule has 1 fully saturated rings. The Morgan fingerprint density at radius 1 is 1.14 bits per heavy atom. The fourth-order valence-corrected chi connectivity index (χ4v) is 4.22. The van der Waals surface area contributed by atoms with E-state index in [4.69, 9.17) is 0 Å². The van der Waals surface area contributed by atoms with Crippen molar-refractivity contribution >= 4 is 0 Å². The fourth-order valence-electron chi connectivity index (χ4n) is 4.22. The molecule has 1 saturated heterocycles. The van der Waals surface area contributed by atoms with Crippen molar-refractivity contribution in [3.05, 3.63) is 65.7 Å². The van der Waals surface area contributed by atoms with E-state index in [9.17, 15) is 22.7 Å². The Morgan fingerprint density at radius 2 is 1.83 bits per heavy atom. The number of halogens is 4. The van der Waals surface area contributed by atoms with Crippen LogP contribution in [0.15, 0.2) is 48.7 Å². The van der Waals surface area contributed by atoms with Crippen molar-refractivity contribution in [1.82, 2.24) is 9.88 Å². The highest BCUT2D eigenvalue weighted by atomic mass is 19.4. The molecule has 1 N–H and O–H groups in total. The van der Waals surface area contributed by atoms with E-state index in [0.717, 1.165) is 11.3 Å². The van der Waals surface area contributed by atoms with Crippen molar-refractivity contribution in [3.8, 4) is 0 Å². The van der Waals surface area contributed by atoms with Crippen LogP contribution in [0, 0.1) is 11.2 Å². The molecule has 0 spiro atoms. The normalized spacial score (nSPS) is 22.0. The number of pyridine rings is 1. The lowest BCUT2D eigenvalue weighted by Crippen LogP contribution is -2.49. The minimum Gasteiger partial charge on any atom is -0.383 e. The van der Waals surface area contributed by atoms with Crippen LogP contribution in [-0.2, 0) is 12.0 Å². The Labute approximate surface area is 168 Å². The summed E-state index contributed by atoms with van der Waals surface area (Å²) in [7, 11) is 0. The molecule has 29 heavy (non-hydrogen) atoms. The van der Waals surface area contributed by atoms with Crippen molar-refractivity contribution in [2.75, 3.05) is 13.1 Å². The van der Waals surface area contributed by atoms with Gasteiger partial charge in [-0.15, -0.1) is 0 Å². The van der Waals surface area contributed by atoms with E-state index in [1.54, 1.807) is 24.4 Å². The van der Waals surface area contributed by atoms with Crippen LogP contribution in [0.4, 0.5) is 17.6 Å². The number of hydrogen-bond acceptors (Lipinski definition) is 3. The highest BCUT2D eigenvalue weighted by Gasteiger charge is 2.56. The molecule has 0 bridgehead atoms. The van der Waals surface area contributed by atoms with Crippen LogP contribution in [0.1, 0.15) is 37.9 Å². The molecule has 1 aliphatic heterocycles. The van der Waals surface area contributed by atoms with Gasteiger partial charge in [0.1, 0.15) is 5.82 Å². The van der Waals surface area contributed by atoms with Crippen molar-refractivity contribution in [3.63, 3.8) is 0 Å². The SMILES string of the molecule is CC(C)(c1ccccn1)N1CC[C@@](CCc2ccc(F)cc2)(C(O)C(F)(F)F)C1. The summed E-state index contributed by atoms with van der Waals surface area (Å²) in [5, 5.41) is 10.3. The lowest BCUT2D eigenvalue weighted by molar-refractivity contribution is -0.239. The van der Waals surface area contributed by atoms with Gasteiger partial charge in [-0.05, 0) is 69.5 Å². The molecular formula is C22H26F4N2O. The molecule has 1 aliphatic rings. The number of aromatic nitrogens is 1. The number of likely N-dealkylation sites (tertiary alicyclic amines) is 1. The van der Waals surface area contributed by atoms with E-state index in [2.05, 4.69) is 4.98 Å². The van der Waals surface area contributed by atoms with Gasteiger partial charge in [0.25, 0.3) is 0 Å². The lowest BCUT2D eigenvalue weighted by Gasteiger charge is -2.39. The van der Waals surface area contributed by atoms with Crippen molar-refractivity contribution in [2.24, 2.45) is 5.41 Å². The van der Waals surface area contributed by atoms with Crippen molar-refractivity contribution < 1.29 is 22.7 Å². The summed E-state index contributed by atoms with van der Waals surface area (Å²) in [4.78, 5) is 6.34. The largest absolute Gasteiger partial charge is 0.414 e. The average Bonchev–Trinajstić information content (AvgIpc) is 3.13. The zero-order valence-corrected chi connectivity index (χ0v) is 16.6. The van der Waals surface area contributed by atoms with Crippen LogP contribution in [0.2, 0.25) is 0 Å². The highest BCUT2D eigenvalue weighted by molar-refractivity contribution is 5.18. The minimum atomic E-state index is -4.70. The maximum absolute atomic E-state index is 13.5. The molecule has 0 radical (unpaired) electrons. The summed E-state index contributed by atoms with van der Waals surface area (Å²) in [6.07, 6.45) is -4.72. The van der Waals surface area contributed by atoms with Gasteiger partial charge in [-0.1, -0.05) is 18.2 Å².